The van der Waals surface area contributed by atoms with Crippen molar-refractivity contribution in [2.45, 2.75) is 56.7 Å². The zero-order chi connectivity index (χ0) is 8.55. The topological polar surface area (TPSA) is 55.3 Å². The summed E-state index contributed by atoms with van der Waals surface area (Å²) >= 11 is 0. The van der Waals surface area contributed by atoms with Crippen LogP contribution in [0.3, 0.4) is 0 Å². The van der Waals surface area contributed by atoms with E-state index in [-0.39, 0.29) is 0 Å². The lowest BCUT2D eigenvalue weighted by Crippen LogP contribution is -2.55. The number of fused-ring (bicyclic) bond motifs is 2. The maximum atomic E-state index is 6.02. The minimum Gasteiger partial charge on any atom is -0.328 e. The number of nitrogens with two attached hydrogens (primary N) is 2. The number of hydrogen-bond donors (Lipinski definition) is 2. The average Bonchev–Trinajstić information content (AvgIpc) is 2.19. The lowest BCUT2D eigenvalue weighted by Gasteiger charge is -2.39. The molecule has 2 aliphatic heterocycles. The third-order valence-electron chi connectivity index (χ3n) is 3.32. The van der Waals surface area contributed by atoms with E-state index in [1.807, 2.05) is 0 Å². The molecule has 1 unspecified atom stereocenters. The highest BCUT2D eigenvalue weighted by Crippen LogP contribution is 2.29. The lowest BCUT2D eigenvalue weighted by molar-refractivity contribution is 0.0759. The van der Waals surface area contributed by atoms with Crippen LogP contribution in [-0.4, -0.2) is 23.1 Å². The maximum Gasteiger partial charge on any atom is 0.0259 e. The second-order valence-corrected chi connectivity index (χ2v) is 4.27. The van der Waals surface area contributed by atoms with Crippen LogP contribution in [0.15, 0.2) is 0 Å². The minimum absolute atomic E-state index is 0.401. The van der Waals surface area contributed by atoms with Gasteiger partial charge >= 0.3 is 0 Å². The number of rotatable bonds is 0. The molecule has 0 amide bonds. The standard InChI is InChI=1S/C9H19N3/c10-7-5-8-3-1-2-4-9(6-7)12(8)11/h7-9H,1-6,10-11H2/t7?,8-,9+. The highest BCUT2D eigenvalue weighted by Gasteiger charge is 2.33. The molecule has 2 bridgehead atoms. The first kappa shape index (κ1) is 8.48. The largest absolute Gasteiger partial charge is 0.328 e. The minimum atomic E-state index is 0.401. The first-order valence-corrected chi connectivity index (χ1v) is 5.06. The van der Waals surface area contributed by atoms with Gasteiger partial charge in [-0.25, -0.2) is 5.01 Å². The summed E-state index contributed by atoms with van der Waals surface area (Å²) in [6.07, 6.45) is 7.38. The van der Waals surface area contributed by atoms with Crippen molar-refractivity contribution in [3.8, 4) is 0 Å². The van der Waals surface area contributed by atoms with Crippen LogP contribution in [0.2, 0.25) is 0 Å². The summed E-state index contributed by atoms with van der Waals surface area (Å²) in [5, 5.41) is 2.08. The van der Waals surface area contributed by atoms with E-state index in [9.17, 15) is 0 Å². The van der Waals surface area contributed by atoms with Crippen LogP contribution in [0.5, 0.6) is 0 Å². The Hall–Kier alpha value is -0.120. The summed E-state index contributed by atoms with van der Waals surface area (Å²) in [6, 6.07) is 1.54. The van der Waals surface area contributed by atoms with Crippen LogP contribution in [0.25, 0.3) is 0 Å². The summed E-state index contributed by atoms with van der Waals surface area (Å²) < 4.78 is 0. The van der Waals surface area contributed by atoms with Crippen molar-refractivity contribution in [1.29, 1.82) is 0 Å². The van der Waals surface area contributed by atoms with E-state index in [0.717, 1.165) is 12.8 Å². The highest BCUT2D eigenvalue weighted by molar-refractivity contribution is 4.89. The van der Waals surface area contributed by atoms with Gasteiger partial charge in [0, 0.05) is 18.1 Å². The van der Waals surface area contributed by atoms with Gasteiger partial charge in [0.1, 0.15) is 0 Å². The van der Waals surface area contributed by atoms with Crippen LogP contribution in [0, 0.1) is 0 Å². The first-order valence-electron chi connectivity index (χ1n) is 5.06. The van der Waals surface area contributed by atoms with Gasteiger partial charge in [-0.15, -0.1) is 0 Å². The quantitative estimate of drug-likeness (QED) is 0.522. The van der Waals surface area contributed by atoms with Crippen LogP contribution in [0.4, 0.5) is 0 Å². The molecule has 3 nitrogen and oxygen atoms in total. The molecule has 2 fully saturated rings. The summed E-state index contributed by atoms with van der Waals surface area (Å²) in [5.41, 5.74) is 5.97. The first-order chi connectivity index (χ1) is 5.77. The Balaban J connectivity index is 2.08. The molecule has 0 spiro atoms. The fourth-order valence-electron chi connectivity index (χ4n) is 2.63. The van der Waals surface area contributed by atoms with Crippen molar-refractivity contribution >= 4 is 0 Å². The van der Waals surface area contributed by atoms with Gasteiger partial charge in [0.15, 0.2) is 0 Å². The van der Waals surface area contributed by atoms with Gasteiger partial charge in [0.05, 0.1) is 0 Å². The molecule has 4 N–H and O–H groups in total. The molecule has 3 heteroatoms. The molecule has 0 aromatic heterocycles. The molecule has 0 aromatic rings. The third kappa shape index (κ3) is 1.49. The number of hydrogen-bond acceptors (Lipinski definition) is 3. The van der Waals surface area contributed by atoms with Gasteiger partial charge in [-0.3, -0.25) is 5.84 Å². The Bertz CT molecular complexity index is 144. The van der Waals surface area contributed by atoms with Crippen LogP contribution < -0.4 is 11.6 Å². The molecular formula is C9H19N3. The van der Waals surface area contributed by atoms with E-state index in [4.69, 9.17) is 11.6 Å². The molecule has 70 valence electrons. The van der Waals surface area contributed by atoms with E-state index in [0.29, 0.717) is 18.1 Å². The van der Waals surface area contributed by atoms with E-state index < -0.39 is 0 Å². The van der Waals surface area contributed by atoms with Gasteiger partial charge in [0.25, 0.3) is 0 Å². The fourth-order valence-corrected chi connectivity index (χ4v) is 2.63. The van der Waals surface area contributed by atoms with Crippen LogP contribution >= 0.6 is 0 Å². The summed E-state index contributed by atoms with van der Waals surface area (Å²) in [4.78, 5) is 0. The highest BCUT2D eigenvalue weighted by atomic mass is 15.4. The van der Waals surface area contributed by atoms with Gasteiger partial charge in [-0.05, 0) is 25.7 Å². The van der Waals surface area contributed by atoms with Gasteiger partial charge in [-0.1, -0.05) is 12.8 Å². The molecular weight excluding hydrogens is 150 g/mol. The van der Waals surface area contributed by atoms with Crippen molar-refractivity contribution in [2.24, 2.45) is 11.6 Å². The zero-order valence-electron chi connectivity index (χ0n) is 7.58. The third-order valence-corrected chi connectivity index (χ3v) is 3.32. The van der Waals surface area contributed by atoms with Crippen molar-refractivity contribution in [3.05, 3.63) is 0 Å². The summed E-state index contributed by atoms with van der Waals surface area (Å²) in [7, 11) is 0. The fraction of sp³-hybridized carbons (Fsp3) is 1.00. The van der Waals surface area contributed by atoms with Crippen LogP contribution in [0.1, 0.15) is 38.5 Å². The normalized spacial score (nSPS) is 44.0. The molecule has 0 aromatic carbocycles. The number of nitrogens with zero attached hydrogens (tertiary/aromatic N) is 1. The van der Waals surface area contributed by atoms with Crippen molar-refractivity contribution in [3.63, 3.8) is 0 Å². The zero-order valence-corrected chi connectivity index (χ0v) is 7.58. The maximum absolute atomic E-state index is 6.02. The average molecular weight is 169 g/mol. The second-order valence-electron chi connectivity index (χ2n) is 4.27. The molecule has 0 radical (unpaired) electrons. The molecule has 2 rings (SSSR count). The molecule has 2 aliphatic rings. The lowest BCUT2D eigenvalue weighted by atomic mass is 9.93. The molecule has 12 heavy (non-hydrogen) atoms. The Kier molecular flexibility index (Phi) is 2.35. The molecule has 0 aliphatic carbocycles. The summed E-state index contributed by atoms with van der Waals surface area (Å²) in [5.74, 6) is 6.02. The SMILES string of the molecule is NC1C[C@H]2CCCC[C@@H](C1)N2N. The van der Waals surface area contributed by atoms with Gasteiger partial charge in [-0.2, -0.15) is 0 Å². The van der Waals surface area contributed by atoms with E-state index >= 15 is 0 Å². The smallest absolute Gasteiger partial charge is 0.0259 e. The van der Waals surface area contributed by atoms with Gasteiger partial charge in [0.2, 0.25) is 0 Å². The number of hydrazine groups is 1. The predicted molar refractivity (Wildman–Crippen MR) is 49.3 cm³/mol. The Labute approximate surface area is 74.1 Å². The molecule has 3 atom stereocenters. The van der Waals surface area contributed by atoms with E-state index in [1.165, 1.54) is 25.7 Å². The Morgan fingerprint density at radius 1 is 1.00 bits per heavy atom. The number of piperidine rings is 1. The Morgan fingerprint density at radius 3 is 2.00 bits per heavy atom. The second kappa shape index (κ2) is 3.32. The molecule has 2 saturated heterocycles. The predicted octanol–water partition coefficient (Wildman–Crippen LogP) is 0.594. The van der Waals surface area contributed by atoms with Crippen molar-refractivity contribution in [1.82, 2.24) is 5.01 Å². The Morgan fingerprint density at radius 2 is 1.50 bits per heavy atom. The molecule has 2 heterocycles. The van der Waals surface area contributed by atoms with E-state index in [1.54, 1.807) is 0 Å². The van der Waals surface area contributed by atoms with Crippen LogP contribution in [-0.2, 0) is 0 Å². The van der Waals surface area contributed by atoms with Crippen molar-refractivity contribution in [2.75, 3.05) is 0 Å². The monoisotopic (exact) mass is 169 g/mol. The summed E-state index contributed by atoms with van der Waals surface area (Å²) in [6.45, 7) is 0. The van der Waals surface area contributed by atoms with E-state index in [2.05, 4.69) is 5.01 Å². The van der Waals surface area contributed by atoms with Gasteiger partial charge < -0.3 is 5.73 Å². The van der Waals surface area contributed by atoms with Crippen molar-refractivity contribution < 1.29 is 0 Å². The molecule has 0 saturated carbocycles.